The van der Waals surface area contributed by atoms with E-state index in [9.17, 15) is 13.6 Å². The fraction of sp³-hybridized carbons (Fsp3) is 0.412. The Bertz CT molecular complexity index is 681. The maximum Gasteiger partial charge on any atom is 0.346 e. The molecule has 0 aliphatic carbocycles. The van der Waals surface area contributed by atoms with Gasteiger partial charge in [0, 0.05) is 24.8 Å². The first kappa shape index (κ1) is 16.4. The lowest BCUT2D eigenvalue weighted by atomic mass is 10.1. The predicted molar refractivity (Wildman–Crippen MR) is 86.6 cm³/mol. The van der Waals surface area contributed by atoms with Gasteiger partial charge in [-0.05, 0) is 25.3 Å². The molecule has 1 fully saturated rings. The first-order chi connectivity index (χ1) is 11.5. The summed E-state index contributed by atoms with van der Waals surface area (Å²) < 4.78 is 29.4. The van der Waals surface area contributed by atoms with Crippen LogP contribution in [-0.4, -0.2) is 39.8 Å². The second-order valence-electron chi connectivity index (χ2n) is 5.95. The van der Waals surface area contributed by atoms with Crippen molar-refractivity contribution in [1.82, 2.24) is 20.0 Å². The Hall–Kier alpha value is -2.44. The number of halogens is 2. The molecule has 0 atom stereocenters. The number of likely N-dealkylation sites (tertiary alicyclic amines) is 1. The molecular weight excluding hydrogens is 314 g/mol. The summed E-state index contributed by atoms with van der Waals surface area (Å²) in [5, 5.41) is 5.97. The summed E-state index contributed by atoms with van der Waals surface area (Å²) in [5.74, 6) is 0. The molecule has 1 N–H and O–H groups in total. The number of hydrogen-bond donors (Lipinski definition) is 1. The van der Waals surface area contributed by atoms with Crippen molar-refractivity contribution in [1.29, 1.82) is 0 Å². The molecule has 2 heterocycles. The molecule has 1 saturated heterocycles. The van der Waals surface area contributed by atoms with Crippen LogP contribution in [0.25, 0.3) is 11.3 Å². The Labute approximate surface area is 139 Å². The Kier molecular flexibility index (Phi) is 4.78. The lowest BCUT2D eigenvalue weighted by Crippen LogP contribution is -2.51. The fourth-order valence-electron chi connectivity index (χ4n) is 2.79. The molecule has 0 unspecified atom stereocenters. The van der Waals surface area contributed by atoms with E-state index in [-0.39, 0.29) is 0 Å². The minimum atomic E-state index is -3.35. The van der Waals surface area contributed by atoms with E-state index in [1.165, 1.54) is 11.1 Å². The summed E-state index contributed by atoms with van der Waals surface area (Å²) in [4.78, 5) is 13.4. The predicted octanol–water partition coefficient (Wildman–Crippen LogP) is 3.34. The zero-order valence-corrected chi connectivity index (χ0v) is 13.3. The van der Waals surface area contributed by atoms with Crippen molar-refractivity contribution in [3.05, 3.63) is 42.6 Å². The van der Waals surface area contributed by atoms with Crippen LogP contribution in [0.2, 0.25) is 0 Å². The number of alkyl halides is 2. The van der Waals surface area contributed by atoms with E-state index < -0.39 is 18.6 Å². The number of aromatic nitrogens is 2. The Morgan fingerprint density at radius 2 is 1.83 bits per heavy atom. The molecular formula is C17H20F2N4O. The highest BCUT2D eigenvalue weighted by atomic mass is 19.3. The van der Waals surface area contributed by atoms with Gasteiger partial charge in [0.15, 0.2) is 0 Å². The highest BCUT2D eigenvalue weighted by Crippen LogP contribution is 2.19. The maximum atomic E-state index is 14.1. The van der Waals surface area contributed by atoms with Crippen LogP contribution >= 0.6 is 0 Å². The van der Waals surface area contributed by atoms with E-state index >= 15 is 0 Å². The van der Waals surface area contributed by atoms with Crippen LogP contribution in [0.15, 0.2) is 42.6 Å². The highest BCUT2D eigenvalue weighted by molar-refractivity contribution is 5.74. The van der Waals surface area contributed by atoms with E-state index in [1.807, 2.05) is 35.6 Å². The summed E-state index contributed by atoms with van der Waals surface area (Å²) in [6, 6.07) is 6.95. The molecule has 0 saturated carbocycles. The van der Waals surface area contributed by atoms with Crippen LogP contribution in [-0.2, 0) is 6.54 Å². The lowest BCUT2D eigenvalue weighted by Gasteiger charge is -2.29. The summed E-state index contributed by atoms with van der Waals surface area (Å²) in [6.45, 7) is 0.364. The molecule has 2 amide bonds. The van der Waals surface area contributed by atoms with Crippen molar-refractivity contribution in [3.63, 3.8) is 0 Å². The average Bonchev–Trinajstić information content (AvgIpc) is 3.03. The van der Waals surface area contributed by atoms with Crippen molar-refractivity contribution in [3.8, 4) is 11.3 Å². The van der Waals surface area contributed by atoms with E-state index in [0.717, 1.165) is 29.5 Å². The number of benzene rings is 1. The number of amides is 2. The summed E-state index contributed by atoms with van der Waals surface area (Å²) in [6.07, 6.45) is 4.25. The third-order valence-corrected chi connectivity index (χ3v) is 4.00. The van der Waals surface area contributed by atoms with Gasteiger partial charge in [-0.2, -0.15) is 13.9 Å². The van der Waals surface area contributed by atoms with Gasteiger partial charge in [-0.15, -0.1) is 0 Å². The van der Waals surface area contributed by atoms with Gasteiger partial charge in [-0.3, -0.25) is 10.00 Å². The number of urea groups is 1. The van der Waals surface area contributed by atoms with Crippen molar-refractivity contribution < 1.29 is 13.6 Å². The maximum absolute atomic E-state index is 14.1. The second kappa shape index (κ2) is 6.98. The van der Waals surface area contributed by atoms with Gasteiger partial charge in [0.05, 0.1) is 5.69 Å². The molecule has 128 valence electrons. The van der Waals surface area contributed by atoms with Gasteiger partial charge in [0.2, 0.25) is 0 Å². The third kappa shape index (κ3) is 4.10. The molecule has 0 bridgehead atoms. The molecule has 0 radical (unpaired) electrons. The number of carbonyl (C=O) groups excluding carboxylic acids is 1. The molecule has 1 aromatic heterocycles. The smallest absolute Gasteiger partial charge is 0.325 e. The molecule has 1 aromatic carbocycles. The van der Waals surface area contributed by atoms with Crippen molar-refractivity contribution in [2.75, 3.05) is 13.1 Å². The normalized spacial score (nSPS) is 15.3. The molecule has 3 rings (SSSR count). The van der Waals surface area contributed by atoms with E-state index in [4.69, 9.17) is 0 Å². The minimum Gasteiger partial charge on any atom is -0.325 e. The Balaban J connectivity index is 1.62. The first-order valence-electron chi connectivity index (χ1n) is 8.07. The van der Waals surface area contributed by atoms with E-state index in [1.54, 1.807) is 6.07 Å². The number of piperidine rings is 1. The van der Waals surface area contributed by atoms with Gasteiger partial charge in [-0.1, -0.05) is 30.3 Å². The van der Waals surface area contributed by atoms with Gasteiger partial charge in [0.25, 0.3) is 0 Å². The number of rotatable bonds is 4. The molecule has 24 heavy (non-hydrogen) atoms. The SMILES string of the molecule is O=C(NC(F)(F)Cn1ccc(-c2ccccc2)n1)N1CCCCC1. The zero-order valence-electron chi connectivity index (χ0n) is 13.3. The molecule has 1 aliphatic rings. The first-order valence-corrected chi connectivity index (χ1v) is 8.07. The molecule has 5 nitrogen and oxygen atoms in total. The monoisotopic (exact) mass is 334 g/mol. The largest absolute Gasteiger partial charge is 0.346 e. The van der Waals surface area contributed by atoms with Crippen LogP contribution in [0.3, 0.4) is 0 Å². The second-order valence-corrected chi connectivity index (χ2v) is 5.95. The van der Waals surface area contributed by atoms with Crippen molar-refractivity contribution >= 4 is 6.03 Å². The number of nitrogens with one attached hydrogen (secondary N) is 1. The standard InChI is InChI=1S/C17H20F2N4O/c18-17(19,20-16(24)22-10-5-2-6-11-22)13-23-12-9-15(21-23)14-7-3-1-4-8-14/h1,3-4,7-9,12H,2,5-6,10-11,13H2,(H,20,24). The molecule has 2 aromatic rings. The number of nitrogens with zero attached hydrogens (tertiary/aromatic N) is 3. The van der Waals surface area contributed by atoms with Crippen LogP contribution in [0.1, 0.15) is 19.3 Å². The van der Waals surface area contributed by atoms with Crippen LogP contribution < -0.4 is 5.32 Å². The summed E-state index contributed by atoms with van der Waals surface area (Å²) >= 11 is 0. The molecule has 1 aliphatic heterocycles. The van der Waals surface area contributed by atoms with E-state index in [0.29, 0.717) is 18.8 Å². The number of hydrogen-bond acceptors (Lipinski definition) is 2. The molecule has 0 spiro atoms. The van der Waals surface area contributed by atoms with Gasteiger partial charge < -0.3 is 4.90 Å². The Morgan fingerprint density at radius 3 is 2.54 bits per heavy atom. The van der Waals surface area contributed by atoms with Crippen molar-refractivity contribution in [2.24, 2.45) is 0 Å². The fourth-order valence-corrected chi connectivity index (χ4v) is 2.79. The van der Waals surface area contributed by atoms with Crippen LogP contribution in [0, 0.1) is 0 Å². The molecule has 7 heteroatoms. The topological polar surface area (TPSA) is 50.2 Å². The van der Waals surface area contributed by atoms with Crippen LogP contribution in [0.4, 0.5) is 13.6 Å². The van der Waals surface area contributed by atoms with Gasteiger partial charge in [0.1, 0.15) is 6.54 Å². The highest BCUT2D eigenvalue weighted by Gasteiger charge is 2.34. The van der Waals surface area contributed by atoms with Gasteiger partial charge >= 0.3 is 12.1 Å². The lowest BCUT2D eigenvalue weighted by molar-refractivity contribution is -0.0446. The number of carbonyl (C=O) groups is 1. The van der Waals surface area contributed by atoms with E-state index in [2.05, 4.69) is 5.10 Å². The summed E-state index contributed by atoms with van der Waals surface area (Å²) in [7, 11) is 0. The quantitative estimate of drug-likeness (QED) is 0.872. The average molecular weight is 334 g/mol. The summed E-state index contributed by atoms with van der Waals surface area (Å²) in [5.41, 5.74) is 1.48. The zero-order chi connectivity index (χ0) is 17.0. The minimum absolute atomic E-state index is 0.530. The van der Waals surface area contributed by atoms with Gasteiger partial charge in [-0.25, -0.2) is 4.79 Å². The van der Waals surface area contributed by atoms with Crippen molar-refractivity contribution in [2.45, 2.75) is 31.9 Å². The third-order valence-electron chi connectivity index (χ3n) is 4.00. The Morgan fingerprint density at radius 1 is 1.12 bits per heavy atom. The van der Waals surface area contributed by atoms with Crippen LogP contribution in [0.5, 0.6) is 0 Å².